The van der Waals surface area contributed by atoms with E-state index in [1.165, 1.54) is 76.3 Å². The lowest BCUT2D eigenvalue weighted by molar-refractivity contribution is -0.914. The highest BCUT2D eigenvalue weighted by Crippen LogP contribution is 2.26. The Balaban J connectivity index is 0.00000576. The molecule has 0 aliphatic rings. The van der Waals surface area contributed by atoms with Gasteiger partial charge >= 0.3 is 0 Å². The summed E-state index contributed by atoms with van der Waals surface area (Å²) >= 11 is 0. The molecule has 1 nitrogen and oxygen atoms in total. The zero-order valence-electron chi connectivity index (χ0n) is 16.9. The van der Waals surface area contributed by atoms with Crippen LogP contribution in [0.1, 0.15) is 82.7 Å². The van der Waals surface area contributed by atoms with Crippen molar-refractivity contribution >= 4 is 0 Å². The largest absolute Gasteiger partial charge is 1.00 e. The monoisotopic (exact) mass is 365 g/mol. The highest BCUT2D eigenvalue weighted by atomic mass is 35.5. The molecule has 1 atom stereocenters. The second kappa shape index (κ2) is 14.4. The van der Waals surface area contributed by atoms with Crippen LogP contribution in [0.4, 0.5) is 0 Å². The number of rotatable bonds is 14. The number of hydrogen-bond acceptors (Lipinski definition) is 0. The number of likely N-dealkylation sites (N-methyl/N-ethyl adjacent to an activating group) is 1. The van der Waals surface area contributed by atoms with E-state index in [-0.39, 0.29) is 12.4 Å². The van der Waals surface area contributed by atoms with Gasteiger partial charge in [0.05, 0.1) is 20.6 Å². The van der Waals surface area contributed by atoms with E-state index in [1.807, 2.05) is 0 Å². The van der Waals surface area contributed by atoms with Gasteiger partial charge in [-0.3, -0.25) is 0 Å². The first kappa shape index (κ1) is 24.2. The van der Waals surface area contributed by atoms with Crippen LogP contribution < -0.4 is 12.4 Å². The van der Waals surface area contributed by atoms with Gasteiger partial charge in [0.1, 0.15) is 6.04 Å². The van der Waals surface area contributed by atoms with E-state index in [1.54, 1.807) is 0 Å². The molecular formula is C23H40ClN. The van der Waals surface area contributed by atoms with Crippen molar-refractivity contribution in [3.63, 3.8) is 0 Å². The molecule has 1 aromatic rings. The van der Waals surface area contributed by atoms with Crippen LogP contribution in [0.15, 0.2) is 43.0 Å². The zero-order valence-corrected chi connectivity index (χ0v) is 17.6. The van der Waals surface area contributed by atoms with Gasteiger partial charge in [-0.2, -0.15) is 0 Å². The van der Waals surface area contributed by atoms with E-state index in [4.69, 9.17) is 0 Å². The quantitative estimate of drug-likeness (QED) is 0.266. The van der Waals surface area contributed by atoms with Crippen LogP contribution in [0.5, 0.6) is 0 Å². The normalized spacial score (nSPS) is 12.4. The van der Waals surface area contributed by atoms with Crippen LogP contribution in [0.2, 0.25) is 0 Å². The number of hydrogen-bond donors (Lipinski definition) is 0. The highest BCUT2D eigenvalue weighted by Gasteiger charge is 2.26. The molecule has 0 aromatic heterocycles. The molecule has 0 fully saturated rings. The molecule has 144 valence electrons. The first-order chi connectivity index (χ1) is 11.6. The van der Waals surface area contributed by atoms with Crippen molar-refractivity contribution < 1.29 is 16.9 Å². The van der Waals surface area contributed by atoms with Gasteiger partial charge in [-0.1, -0.05) is 95.2 Å². The first-order valence-electron chi connectivity index (χ1n) is 10.1. The van der Waals surface area contributed by atoms with Gasteiger partial charge in [-0.05, 0) is 18.9 Å². The molecule has 0 radical (unpaired) electrons. The molecule has 25 heavy (non-hydrogen) atoms. The minimum absolute atomic E-state index is 0. The van der Waals surface area contributed by atoms with Crippen molar-refractivity contribution in [1.29, 1.82) is 0 Å². The van der Waals surface area contributed by atoms with E-state index in [9.17, 15) is 0 Å². The van der Waals surface area contributed by atoms with Crippen LogP contribution in [0.25, 0.3) is 0 Å². The SMILES string of the molecule is C=CC(c1ccccc1)[N+](C)(C)CCCCCCCCCCCC.[Cl-]. The van der Waals surface area contributed by atoms with Gasteiger partial charge in [-0.15, -0.1) is 0 Å². The molecule has 0 N–H and O–H groups in total. The molecule has 0 amide bonds. The molecule has 0 heterocycles. The van der Waals surface area contributed by atoms with E-state index in [2.05, 4.69) is 64.0 Å². The third-order valence-electron chi connectivity index (χ3n) is 5.21. The van der Waals surface area contributed by atoms with Crippen LogP contribution in [-0.2, 0) is 0 Å². The predicted molar refractivity (Wildman–Crippen MR) is 108 cm³/mol. The molecule has 0 saturated heterocycles. The summed E-state index contributed by atoms with van der Waals surface area (Å²) in [7, 11) is 4.68. The van der Waals surface area contributed by atoms with E-state index in [0.29, 0.717) is 6.04 Å². The number of benzene rings is 1. The van der Waals surface area contributed by atoms with E-state index >= 15 is 0 Å². The third-order valence-corrected chi connectivity index (χ3v) is 5.21. The third kappa shape index (κ3) is 10.1. The highest BCUT2D eigenvalue weighted by molar-refractivity contribution is 5.20. The summed E-state index contributed by atoms with van der Waals surface area (Å²) in [5.74, 6) is 0. The lowest BCUT2D eigenvalue weighted by Gasteiger charge is -2.37. The predicted octanol–water partition coefficient (Wildman–Crippen LogP) is 3.92. The van der Waals surface area contributed by atoms with Gasteiger partial charge in [0.15, 0.2) is 0 Å². The molecule has 0 spiro atoms. The second-order valence-electron chi connectivity index (χ2n) is 7.78. The molecule has 0 bridgehead atoms. The molecule has 1 aromatic carbocycles. The minimum Gasteiger partial charge on any atom is -1.00 e. The number of nitrogens with zero attached hydrogens (tertiary/aromatic N) is 1. The van der Waals surface area contributed by atoms with Crippen LogP contribution >= 0.6 is 0 Å². The van der Waals surface area contributed by atoms with Crippen molar-refractivity contribution in [3.05, 3.63) is 48.6 Å². The summed E-state index contributed by atoms with van der Waals surface area (Å²) in [6, 6.07) is 11.2. The number of unbranched alkanes of at least 4 members (excludes halogenated alkanes) is 9. The van der Waals surface area contributed by atoms with Crippen molar-refractivity contribution in [2.45, 2.75) is 77.2 Å². The number of quaternary nitrogens is 1. The maximum Gasteiger partial charge on any atom is 0.133 e. The minimum atomic E-state index is 0. The van der Waals surface area contributed by atoms with Crippen LogP contribution in [-0.4, -0.2) is 25.1 Å². The van der Waals surface area contributed by atoms with Gasteiger partial charge < -0.3 is 16.9 Å². The fourth-order valence-electron chi connectivity index (χ4n) is 3.62. The van der Waals surface area contributed by atoms with Gasteiger partial charge in [0.2, 0.25) is 0 Å². The molecule has 0 saturated carbocycles. The molecule has 2 heteroatoms. The average Bonchev–Trinajstić information content (AvgIpc) is 2.58. The summed E-state index contributed by atoms with van der Waals surface area (Å²) in [4.78, 5) is 0. The van der Waals surface area contributed by atoms with Crippen molar-refractivity contribution in [1.82, 2.24) is 0 Å². The lowest BCUT2D eigenvalue weighted by atomic mass is 10.0. The Kier molecular flexibility index (Phi) is 13.9. The molecular weight excluding hydrogens is 326 g/mol. The maximum absolute atomic E-state index is 4.09. The Morgan fingerprint density at radius 2 is 1.32 bits per heavy atom. The Labute approximate surface area is 163 Å². The van der Waals surface area contributed by atoms with Crippen molar-refractivity contribution in [2.75, 3.05) is 20.6 Å². The molecule has 0 aliphatic carbocycles. The first-order valence-corrected chi connectivity index (χ1v) is 10.1. The average molecular weight is 366 g/mol. The van der Waals surface area contributed by atoms with Gasteiger partial charge in [-0.25, -0.2) is 0 Å². The Bertz CT molecular complexity index is 427. The molecule has 1 rings (SSSR count). The van der Waals surface area contributed by atoms with Gasteiger partial charge in [0, 0.05) is 5.56 Å². The smallest absolute Gasteiger partial charge is 0.133 e. The van der Waals surface area contributed by atoms with Crippen LogP contribution in [0, 0.1) is 0 Å². The maximum atomic E-state index is 4.09. The number of halogens is 1. The summed E-state index contributed by atoms with van der Waals surface area (Å²) in [6.45, 7) is 7.60. The Morgan fingerprint density at radius 1 is 0.840 bits per heavy atom. The fraction of sp³-hybridized carbons (Fsp3) is 0.652. The van der Waals surface area contributed by atoms with E-state index in [0.717, 1.165) is 4.48 Å². The summed E-state index contributed by atoms with van der Waals surface area (Å²) < 4.78 is 1.00. The summed E-state index contributed by atoms with van der Waals surface area (Å²) in [6.07, 6.45) is 16.1. The second-order valence-corrected chi connectivity index (χ2v) is 7.78. The molecule has 0 aliphatic heterocycles. The van der Waals surface area contributed by atoms with Crippen molar-refractivity contribution in [2.24, 2.45) is 0 Å². The fourth-order valence-corrected chi connectivity index (χ4v) is 3.62. The van der Waals surface area contributed by atoms with Gasteiger partial charge in [0.25, 0.3) is 0 Å². The lowest BCUT2D eigenvalue weighted by Crippen LogP contribution is -3.00. The zero-order chi connectivity index (χ0) is 17.7. The molecule has 1 unspecified atom stereocenters. The summed E-state index contributed by atoms with van der Waals surface area (Å²) in [5, 5.41) is 0. The standard InChI is InChI=1S/C23H40N.ClH/c1-5-7-8-9-10-11-12-13-14-18-21-24(3,4)23(6-2)22-19-16-15-17-20-22;/h6,15-17,19-20,23H,2,5,7-14,18,21H2,1,3-4H3;1H/q+1;/p-1. The van der Waals surface area contributed by atoms with Crippen LogP contribution in [0.3, 0.4) is 0 Å². The topological polar surface area (TPSA) is 0 Å². The van der Waals surface area contributed by atoms with Crippen molar-refractivity contribution in [3.8, 4) is 0 Å². The van der Waals surface area contributed by atoms with E-state index < -0.39 is 0 Å². The Hall–Kier alpha value is -0.790. The Morgan fingerprint density at radius 3 is 1.80 bits per heavy atom. The summed E-state index contributed by atoms with van der Waals surface area (Å²) in [5.41, 5.74) is 1.38.